The summed E-state index contributed by atoms with van der Waals surface area (Å²) in [7, 11) is 0. The molecule has 0 aliphatic heterocycles. The van der Waals surface area contributed by atoms with Crippen molar-refractivity contribution in [1.82, 2.24) is 0 Å². The van der Waals surface area contributed by atoms with Gasteiger partial charge in [0, 0.05) is 10.6 Å². The summed E-state index contributed by atoms with van der Waals surface area (Å²) < 4.78 is 0. The van der Waals surface area contributed by atoms with E-state index in [4.69, 9.17) is 11.6 Å². The van der Waals surface area contributed by atoms with Gasteiger partial charge < -0.3 is 5.11 Å². The van der Waals surface area contributed by atoms with Crippen LogP contribution in [0.5, 0.6) is 5.75 Å². The van der Waals surface area contributed by atoms with E-state index >= 15 is 0 Å². The summed E-state index contributed by atoms with van der Waals surface area (Å²) in [5.74, 6) is -0.0257. The number of halogens is 2. The van der Waals surface area contributed by atoms with Gasteiger partial charge in [-0.15, -0.1) is 0 Å². The molecule has 1 aromatic rings. The van der Waals surface area contributed by atoms with E-state index < -0.39 is 4.83 Å². The van der Waals surface area contributed by atoms with Gasteiger partial charge in [-0.05, 0) is 19.1 Å². The molecule has 1 N–H and O–H groups in total. The highest BCUT2D eigenvalue weighted by molar-refractivity contribution is 9.09. The van der Waals surface area contributed by atoms with Gasteiger partial charge in [-0.25, -0.2) is 0 Å². The van der Waals surface area contributed by atoms with Crippen LogP contribution in [-0.2, 0) is 4.79 Å². The summed E-state index contributed by atoms with van der Waals surface area (Å²) in [5.41, 5.74) is 0.539. The maximum absolute atomic E-state index is 11.0. The summed E-state index contributed by atoms with van der Waals surface area (Å²) in [6.07, 6.45) is 0. The molecule has 1 rings (SSSR count). The minimum atomic E-state index is -0.468. The first-order valence-corrected chi connectivity index (χ1v) is 4.94. The molecule has 1 atom stereocenters. The number of rotatable bonds is 2. The lowest BCUT2D eigenvalue weighted by atomic mass is 10.1. The summed E-state index contributed by atoms with van der Waals surface area (Å²) in [6, 6.07) is 4.67. The van der Waals surface area contributed by atoms with Gasteiger partial charge in [0.1, 0.15) is 16.4 Å². The van der Waals surface area contributed by atoms with Gasteiger partial charge in [0.15, 0.2) is 0 Å². The van der Waals surface area contributed by atoms with Crippen LogP contribution in [0.4, 0.5) is 0 Å². The van der Waals surface area contributed by atoms with Crippen molar-refractivity contribution in [1.29, 1.82) is 0 Å². The van der Waals surface area contributed by atoms with E-state index in [1.807, 2.05) is 0 Å². The second-order valence-corrected chi connectivity index (χ2v) is 4.03. The van der Waals surface area contributed by atoms with Crippen molar-refractivity contribution in [2.24, 2.45) is 0 Å². The Bertz CT molecular complexity index is 338. The van der Waals surface area contributed by atoms with Crippen molar-refractivity contribution in [2.45, 2.75) is 11.8 Å². The van der Waals surface area contributed by atoms with E-state index in [0.717, 1.165) is 0 Å². The summed E-state index contributed by atoms with van der Waals surface area (Å²) >= 11 is 8.81. The summed E-state index contributed by atoms with van der Waals surface area (Å²) in [6.45, 7) is 1.45. The van der Waals surface area contributed by atoms with E-state index in [1.54, 1.807) is 12.1 Å². The molecule has 70 valence electrons. The molecule has 0 amide bonds. The zero-order chi connectivity index (χ0) is 10.0. The number of phenols is 1. The SMILES string of the molecule is CC(=O)C(Br)c1ccc(Cl)cc1O. The van der Waals surface area contributed by atoms with Gasteiger partial charge in [0.05, 0.1) is 0 Å². The van der Waals surface area contributed by atoms with Crippen molar-refractivity contribution in [3.63, 3.8) is 0 Å². The van der Waals surface area contributed by atoms with Gasteiger partial charge in [0.25, 0.3) is 0 Å². The topological polar surface area (TPSA) is 37.3 Å². The number of hydrogen-bond acceptors (Lipinski definition) is 2. The number of aromatic hydroxyl groups is 1. The van der Waals surface area contributed by atoms with E-state index in [-0.39, 0.29) is 11.5 Å². The molecule has 0 spiro atoms. The van der Waals surface area contributed by atoms with Crippen LogP contribution in [0.1, 0.15) is 17.3 Å². The average molecular weight is 264 g/mol. The van der Waals surface area contributed by atoms with E-state index in [0.29, 0.717) is 10.6 Å². The highest BCUT2D eigenvalue weighted by Crippen LogP contribution is 2.32. The van der Waals surface area contributed by atoms with Crippen LogP contribution in [0.15, 0.2) is 18.2 Å². The molecule has 1 unspecified atom stereocenters. The Hall–Kier alpha value is -0.540. The van der Waals surface area contributed by atoms with Crippen LogP contribution in [0, 0.1) is 0 Å². The first-order valence-electron chi connectivity index (χ1n) is 3.65. The van der Waals surface area contributed by atoms with Gasteiger partial charge in [0.2, 0.25) is 0 Å². The molecule has 0 saturated carbocycles. The fourth-order valence-corrected chi connectivity index (χ4v) is 1.50. The third kappa shape index (κ3) is 2.45. The van der Waals surface area contributed by atoms with Gasteiger partial charge >= 0.3 is 0 Å². The van der Waals surface area contributed by atoms with Crippen molar-refractivity contribution in [3.8, 4) is 5.75 Å². The number of benzene rings is 1. The van der Waals surface area contributed by atoms with Crippen molar-refractivity contribution in [2.75, 3.05) is 0 Å². The van der Waals surface area contributed by atoms with Crippen LogP contribution in [-0.4, -0.2) is 10.9 Å². The zero-order valence-corrected chi connectivity index (χ0v) is 9.26. The largest absolute Gasteiger partial charge is 0.508 e. The smallest absolute Gasteiger partial charge is 0.147 e. The fourth-order valence-electron chi connectivity index (χ4n) is 0.950. The van der Waals surface area contributed by atoms with Crippen molar-refractivity contribution >= 4 is 33.3 Å². The predicted molar refractivity (Wildman–Crippen MR) is 55.5 cm³/mol. The van der Waals surface area contributed by atoms with Crippen molar-refractivity contribution in [3.05, 3.63) is 28.8 Å². The number of ketones is 1. The molecule has 0 fully saturated rings. The van der Waals surface area contributed by atoms with Gasteiger partial charge in [-0.3, -0.25) is 4.79 Å². The fraction of sp³-hybridized carbons (Fsp3) is 0.222. The lowest BCUT2D eigenvalue weighted by Gasteiger charge is -2.08. The lowest BCUT2D eigenvalue weighted by molar-refractivity contribution is -0.116. The summed E-state index contributed by atoms with van der Waals surface area (Å²) in [5, 5.41) is 9.89. The molecule has 1 aromatic carbocycles. The van der Waals surface area contributed by atoms with Crippen LogP contribution < -0.4 is 0 Å². The lowest BCUT2D eigenvalue weighted by Crippen LogP contribution is -2.00. The van der Waals surface area contributed by atoms with Crippen LogP contribution >= 0.6 is 27.5 Å². The molecule has 0 aliphatic rings. The minimum Gasteiger partial charge on any atom is -0.508 e. The molecule has 0 bridgehead atoms. The molecular weight excluding hydrogens is 255 g/mol. The van der Waals surface area contributed by atoms with Gasteiger partial charge in [-0.1, -0.05) is 33.6 Å². The molecule has 4 heteroatoms. The molecule has 0 aromatic heterocycles. The quantitative estimate of drug-likeness (QED) is 0.833. The predicted octanol–water partition coefficient (Wildman–Crippen LogP) is 3.07. The number of hydrogen-bond donors (Lipinski definition) is 1. The van der Waals surface area contributed by atoms with Crippen LogP contribution in [0.25, 0.3) is 0 Å². The first kappa shape index (κ1) is 10.5. The number of carbonyl (C=O) groups is 1. The molecule has 2 nitrogen and oxygen atoms in total. The third-order valence-electron chi connectivity index (χ3n) is 1.62. The third-order valence-corrected chi connectivity index (χ3v) is 3.00. The van der Waals surface area contributed by atoms with Crippen molar-refractivity contribution < 1.29 is 9.90 Å². The molecule has 0 radical (unpaired) electrons. The molecule has 0 saturated heterocycles. The Labute approximate surface area is 89.7 Å². The van der Waals surface area contributed by atoms with Crippen LogP contribution in [0.2, 0.25) is 5.02 Å². The second-order valence-electron chi connectivity index (χ2n) is 2.68. The monoisotopic (exact) mass is 262 g/mol. The molecule has 13 heavy (non-hydrogen) atoms. The van der Waals surface area contributed by atoms with E-state index in [9.17, 15) is 9.90 Å². The minimum absolute atomic E-state index is 0.0320. The van der Waals surface area contributed by atoms with E-state index in [1.165, 1.54) is 13.0 Å². The second kappa shape index (κ2) is 4.11. The standard InChI is InChI=1S/C9H8BrClO2/c1-5(12)9(10)7-3-2-6(11)4-8(7)13/h2-4,9,13H,1H3. The number of carbonyl (C=O) groups excluding carboxylic acids is 1. The van der Waals surface area contributed by atoms with E-state index in [2.05, 4.69) is 15.9 Å². The Kier molecular flexibility index (Phi) is 3.33. The maximum atomic E-state index is 11.0. The Morgan fingerprint density at radius 1 is 1.62 bits per heavy atom. The molecule has 0 aliphatic carbocycles. The highest BCUT2D eigenvalue weighted by atomic mass is 79.9. The first-order chi connectivity index (χ1) is 6.02. The number of alkyl halides is 1. The highest BCUT2D eigenvalue weighted by Gasteiger charge is 2.16. The molecule has 0 heterocycles. The Balaban J connectivity index is 3.08. The Morgan fingerprint density at radius 2 is 2.23 bits per heavy atom. The normalized spacial score (nSPS) is 12.5. The van der Waals surface area contributed by atoms with Gasteiger partial charge in [-0.2, -0.15) is 0 Å². The molecular formula is C9H8BrClO2. The maximum Gasteiger partial charge on any atom is 0.147 e. The van der Waals surface area contributed by atoms with Crippen LogP contribution in [0.3, 0.4) is 0 Å². The summed E-state index contributed by atoms with van der Waals surface area (Å²) in [4.78, 5) is 10.5. The number of phenolic OH excluding ortho intramolecular Hbond substituents is 1. The zero-order valence-electron chi connectivity index (χ0n) is 6.92. The average Bonchev–Trinajstić information content (AvgIpc) is 2.03. The number of Topliss-reactive ketones (excluding diaryl/α,β-unsaturated/α-hetero) is 1. The Morgan fingerprint density at radius 3 is 2.69 bits per heavy atom.